The van der Waals surface area contributed by atoms with Crippen LogP contribution in [0.4, 0.5) is 0 Å². The normalized spacial score (nSPS) is 11.9. The summed E-state index contributed by atoms with van der Waals surface area (Å²) in [7, 11) is 0. The van der Waals surface area contributed by atoms with E-state index in [1.165, 1.54) is 0 Å². The minimum absolute atomic E-state index is 0.278. The molecule has 0 fully saturated rings. The molecule has 3 aromatic rings. The number of hydrogen-bond acceptors (Lipinski definition) is 2. The van der Waals surface area contributed by atoms with Gasteiger partial charge >= 0.3 is 5.97 Å². The zero-order valence-electron chi connectivity index (χ0n) is 14.5. The third kappa shape index (κ3) is 3.62. The van der Waals surface area contributed by atoms with Crippen LogP contribution in [0.3, 0.4) is 0 Å². The van der Waals surface area contributed by atoms with Crippen LogP contribution in [0.15, 0.2) is 42.0 Å². The fourth-order valence-corrected chi connectivity index (χ4v) is 3.39. The van der Waals surface area contributed by atoms with Crippen molar-refractivity contribution >= 4 is 46.2 Å². The van der Waals surface area contributed by atoms with Crippen molar-refractivity contribution < 1.29 is 9.90 Å². The van der Waals surface area contributed by atoms with E-state index in [0.29, 0.717) is 16.6 Å². The number of carboxylic acid groups (broad SMARTS) is 1. The third-order valence-electron chi connectivity index (χ3n) is 4.28. The van der Waals surface area contributed by atoms with E-state index in [9.17, 15) is 4.79 Å². The molecule has 0 aliphatic carbocycles. The van der Waals surface area contributed by atoms with Gasteiger partial charge in [-0.1, -0.05) is 48.3 Å². The van der Waals surface area contributed by atoms with Gasteiger partial charge in [0.15, 0.2) is 0 Å². The van der Waals surface area contributed by atoms with Gasteiger partial charge in [-0.2, -0.15) is 5.10 Å². The average Bonchev–Trinajstić information content (AvgIpc) is 2.95. The van der Waals surface area contributed by atoms with Crippen LogP contribution in [0, 0.1) is 0 Å². The van der Waals surface area contributed by atoms with E-state index in [-0.39, 0.29) is 5.57 Å². The largest absolute Gasteiger partial charge is 0.478 e. The Balaban J connectivity index is 2.12. The summed E-state index contributed by atoms with van der Waals surface area (Å²) >= 11 is 12.6. The van der Waals surface area contributed by atoms with E-state index in [1.54, 1.807) is 25.1 Å². The topological polar surface area (TPSA) is 55.1 Å². The number of hydrogen-bond donors (Lipinski definition) is 1. The van der Waals surface area contributed by atoms with Gasteiger partial charge in [0.25, 0.3) is 0 Å². The van der Waals surface area contributed by atoms with Gasteiger partial charge in [-0.3, -0.25) is 4.68 Å². The summed E-state index contributed by atoms with van der Waals surface area (Å²) in [4.78, 5) is 11.1. The molecule has 3 rings (SSSR count). The summed E-state index contributed by atoms with van der Waals surface area (Å²) in [5, 5.41) is 16.0. The summed E-state index contributed by atoms with van der Waals surface area (Å²) < 4.78 is 1.87. The highest BCUT2D eigenvalue weighted by atomic mass is 35.5. The Kier molecular flexibility index (Phi) is 5.35. The maximum absolute atomic E-state index is 11.1. The maximum atomic E-state index is 11.1. The molecule has 0 aliphatic rings. The molecule has 6 heteroatoms. The second kappa shape index (κ2) is 7.52. The van der Waals surface area contributed by atoms with Gasteiger partial charge in [-0.05, 0) is 43.2 Å². The first kappa shape index (κ1) is 18.5. The number of carbonyl (C=O) groups is 1. The molecule has 0 unspecified atom stereocenters. The van der Waals surface area contributed by atoms with Crippen LogP contribution in [0.1, 0.15) is 30.7 Å². The standard InChI is InChI=1S/C20H18Cl2N2O2/c1-3-18-14-8-7-13(9-12(2)20(25)26)10-19(14)24(23-18)11-15-16(21)5-4-6-17(15)22/h4-10H,3,11H2,1-2H3,(H,25,26). The molecule has 0 saturated heterocycles. The lowest BCUT2D eigenvalue weighted by Crippen LogP contribution is -2.03. The Morgan fingerprint density at radius 2 is 1.92 bits per heavy atom. The molecule has 0 amide bonds. The van der Waals surface area contributed by atoms with E-state index >= 15 is 0 Å². The smallest absolute Gasteiger partial charge is 0.331 e. The number of rotatable bonds is 5. The number of aliphatic carboxylic acids is 1. The van der Waals surface area contributed by atoms with Crippen molar-refractivity contribution in [1.82, 2.24) is 9.78 Å². The Morgan fingerprint density at radius 3 is 2.54 bits per heavy atom. The predicted octanol–water partition coefficient (Wildman–Crippen LogP) is 5.44. The first-order valence-corrected chi connectivity index (χ1v) is 9.00. The van der Waals surface area contributed by atoms with E-state index < -0.39 is 5.97 Å². The summed E-state index contributed by atoms with van der Waals surface area (Å²) in [5.74, 6) is -0.935. The Bertz CT molecular complexity index is 1000. The number of aryl methyl sites for hydroxylation is 1. The van der Waals surface area contributed by atoms with E-state index in [1.807, 2.05) is 28.9 Å². The fourth-order valence-electron chi connectivity index (χ4n) is 2.88. The second-order valence-electron chi connectivity index (χ2n) is 6.07. The molecule has 0 radical (unpaired) electrons. The second-order valence-corrected chi connectivity index (χ2v) is 6.88. The highest BCUT2D eigenvalue weighted by Crippen LogP contribution is 2.28. The van der Waals surface area contributed by atoms with Gasteiger partial charge in [0.1, 0.15) is 0 Å². The molecule has 1 aromatic heterocycles. The molecule has 0 bridgehead atoms. The number of benzene rings is 2. The number of fused-ring (bicyclic) bond motifs is 1. The first-order valence-electron chi connectivity index (χ1n) is 8.24. The maximum Gasteiger partial charge on any atom is 0.331 e. The summed E-state index contributed by atoms with van der Waals surface area (Å²) in [6.07, 6.45) is 2.44. The molecule has 0 saturated carbocycles. The van der Waals surface area contributed by atoms with E-state index in [2.05, 4.69) is 6.92 Å². The van der Waals surface area contributed by atoms with Gasteiger partial charge in [0.05, 0.1) is 17.8 Å². The average molecular weight is 389 g/mol. The molecule has 4 nitrogen and oxygen atoms in total. The lowest BCUT2D eigenvalue weighted by atomic mass is 10.1. The minimum atomic E-state index is -0.935. The van der Waals surface area contributed by atoms with Crippen LogP contribution in [-0.2, 0) is 17.8 Å². The molecule has 1 heterocycles. The van der Waals surface area contributed by atoms with Crippen molar-refractivity contribution in [3.8, 4) is 0 Å². The van der Waals surface area contributed by atoms with Crippen LogP contribution in [0.25, 0.3) is 17.0 Å². The van der Waals surface area contributed by atoms with Crippen LogP contribution in [0.2, 0.25) is 10.0 Å². The SMILES string of the molecule is CCc1nn(Cc2c(Cl)cccc2Cl)c2cc(C=C(C)C(=O)O)ccc12. The molecular weight excluding hydrogens is 371 g/mol. The Morgan fingerprint density at radius 1 is 1.23 bits per heavy atom. The summed E-state index contributed by atoms with van der Waals surface area (Å²) in [5.41, 5.74) is 3.80. The predicted molar refractivity (Wildman–Crippen MR) is 106 cm³/mol. The molecular formula is C20H18Cl2N2O2. The van der Waals surface area contributed by atoms with E-state index in [0.717, 1.165) is 34.1 Å². The fraction of sp³-hybridized carbons (Fsp3) is 0.200. The highest BCUT2D eigenvalue weighted by Gasteiger charge is 2.13. The number of aromatic nitrogens is 2. The van der Waals surface area contributed by atoms with Crippen LogP contribution in [0.5, 0.6) is 0 Å². The van der Waals surface area contributed by atoms with Gasteiger partial charge in [0, 0.05) is 26.6 Å². The third-order valence-corrected chi connectivity index (χ3v) is 4.99. The monoisotopic (exact) mass is 388 g/mol. The zero-order valence-corrected chi connectivity index (χ0v) is 16.0. The molecule has 0 atom stereocenters. The van der Waals surface area contributed by atoms with E-state index in [4.69, 9.17) is 33.4 Å². The molecule has 26 heavy (non-hydrogen) atoms. The Labute approximate surface area is 161 Å². The number of carboxylic acids is 1. The molecule has 1 N–H and O–H groups in total. The number of halogens is 2. The van der Waals surface area contributed by atoms with Gasteiger partial charge in [-0.25, -0.2) is 4.79 Å². The first-order chi connectivity index (χ1) is 12.4. The van der Waals surface area contributed by atoms with Crippen molar-refractivity contribution in [2.24, 2.45) is 0 Å². The molecule has 2 aromatic carbocycles. The van der Waals surface area contributed by atoms with Crippen molar-refractivity contribution in [2.75, 3.05) is 0 Å². The van der Waals surface area contributed by atoms with Crippen molar-refractivity contribution in [3.05, 3.63) is 68.8 Å². The van der Waals surface area contributed by atoms with Crippen LogP contribution >= 0.6 is 23.2 Å². The van der Waals surface area contributed by atoms with Crippen LogP contribution < -0.4 is 0 Å². The van der Waals surface area contributed by atoms with Gasteiger partial charge in [-0.15, -0.1) is 0 Å². The lowest BCUT2D eigenvalue weighted by molar-refractivity contribution is -0.132. The Hall–Kier alpha value is -2.30. The quantitative estimate of drug-likeness (QED) is 0.591. The minimum Gasteiger partial charge on any atom is -0.478 e. The van der Waals surface area contributed by atoms with Crippen molar-refractivity contribution in [2.45, 2.75) is 26.8 Å². The van der Waals surface area contributed by atoms with Gasteiger partial charge in [0.2, 0.25) is 0 Å². The zero-order chi connectivity index (χ0) is 18.8. The molecule has 134 valence electrons. The van der Waals surface area contributed by atoms with Gasteiger partial charge < -0.3 is 5.11 Å². The molecule has 0 spiro atoms. The molecule has 0 aliphatic heterocycles. The summed E-state index contributed by atoms with van der Waals surface area (Å²) in [6, 6.07) is 11.2. The number of nitrogens with zero attached hydrogens (tertiary/aromatic N) is 2. The van der Waals surface area contributed by atoms with Crippen molar-refractivity contribution in [3.63, 3.8) is 0 Å². The van der Waals surface area contributed by atoms with Crippen LogP contribution in [-0.4, -0.2) is 20.9 Å². The van der Waals surface area contributed by atoms with Crippen molar-refractivity contribution in [1.29, 1.82) is 0 Å². The summed E-state index contributed by atoms with van der Waals surface area (Å²) in [6.45, 7) is 4.07. The highest BCUT2D eigenvalue weighted by molar-refractivity contribution is 6.36. The lowest BCUT2D eigenvalue weighted by Gasteiger charge is -2.08.